The third-order valence-electron chi connectivity index (χ3n) is 7.06. The summed E-state index contributed by atoms with van der Waals surface area (Å²) in [6, 6.07) is 17.5. The molecule has 1 aliphatic rings. The maximum absolute atomic E-state index is 13.8. The zero-order valence-corrected chi connectivity index (χ0v) is 24.1. The Morgan fingerprint density at radius 1 is 0.977 bits per heavy atom. The van der Waals surface area contributed by atoms with Crippen LogP contribution >= 0.6 is 0 Å². The maximum atomic E-state index is 13.8. The predicted molar refractivity (Wildman–Crippen MR) is 157 cm³/mol. The zero-order chi connectivity index (χ0) is 31.0. The molecule has 1 unspecified atom stereocenters. The van der Waals surface area contributed by atoms with Gasteiger partial charge in [0.05, 0.1) is 12.0 Å². The molecule has 0 bridgehead atoms. The Labute approximate surface area is 249 Å². The second kappa shape index (κ2) is 14.1. The molecule has 3 aromatic carbocycles. The van der Waals surface area contributed by atoms with Crippen molar-refractivity contribution in [2.75, 3.05) is 13.2 Å². The zero-order valence-electron chi connectivity index (χ0n) is 24.1. The number of hydrogen-bond acceptors (Lipinski definition) is 4. The molecule has 0 radical (unpaired) electrons. The number of carbonyl (C=O) groups excluding carboxylic acids is 1. The van der Waals surface area contributed by atoms with Gasteiger partial charge in [0.25, 0.3) is 0 Å². The average molecular weight is 594 g/mol. The van der Waals surface area contributed by atoms with E-state index < -0.39 is 23.8 Å². The average Bonchev–Trinajstić information content (AvgIpc) is 2.97. The van der Waals surface area contributed by atoms with Crippen LogP contribution in [0.2, 0.25) is 0 Å². The summed E-state index contributed by atoms with van der Waals surface area (Å²) in [7, 11) is 0. The number of carboxylic acid groups (broad SMARTS) is 1. The molecule has 3 aromatic rings. The van der Waals surface area contributed by atoms with E-state index in [2.05, 4.69) is 6.92 Å². The first-order valence-corrected chi connectivity index (χ1v) is 14.0. The summed E-state index contributed by atoms with van der Waals surface area (Å²) in [5.41, 5.74) is 2.36. The van der Waals surface area contributed by atoms with Crippen LogP contribution in [-0.2, 0) is 35.3 Å². The third kappa shape index (κ3) is 8.73. The van der Waals surface area contributed by atoms with Gasteiger partial charge in [-0.1, -0.05) is 67.6 Å². The number of alkyl halides is 3. The fourth-order valence-electron chi connectivity index (χ4n) is 4.86. The Morgan fingerprint density at radius 3 is 2.42 bits per heavy atom. The van der Waals surface area contributed by atoms with Crippen molar-refractivity contribution in [3.05, 3.63) is 113 Å². The van der Waals surface area contributed by atoms with Gasteiger partial charge < -0.3 is 19.5 Å². The van der Waals surface area contributed by atoms with Crippen molar-refractivity contribution in [1.82, 2.24) is 4.90 Å². The highest BCUT2D eigenvalue weighted by Crippen LogP contribution is 2.38. The number of benzene rings is 3. The van der Waals surface area contributed by atoms with Gasteiger partial charge in [-0.3, -0.25) is 4.79 Å². The molecule has 43 heavy (non-hydrogen) atoms. The van der Waals surface area contributed by atoms with E-state index in [0.29, 0.717) is 28.4 Å². The molecule has 0 spiro atoms. The number of amides is 1. The third-order valence-corrected chi connectivity index (χ3v) is 7.06. The van der Waals surface area contributed by atoms with Crippen LogP contribution in [0.25, 0.3) is 11.1 Å². The molecule has 0 fully saturated rings. The lowest BCUT2D eigenvalue weighted by Crippen LogP contribution is -2.31. The summed E-state index contributed by atoms with van der Waals surface area (Å²) >= 11 is 0. The molecule has 9 heteroatoms. The van der Waals surface area contributed by atoms with Gasteiger partial charge in [0.1, 0.15) is 19.0 Å². The first-order chi connectivity index (χ1) is 20.5. The quantitative estimate of drug-likeness (QED) is 0.243. The first-order valence-electron chi connectivity index (χ1n) is 14.0. The van der Waals surface area contributed by atoms with E-state index in [4.69, 9.17) is 9.47 Å². The fourth-order valence-corrected chi connectivity index (χ4v) is 4.86. The van der Waals surface area contributed by atoms with E-state index in [1.807, 2.05) is 48.6 Å². The van der Waals surface area contributed by atoms with Gasteiger partial charge in [-0.05, 0) is 71.4 Å². The summed E-state index contributed by atoms with van der Waals surface area (Å²) in [6.45, 7) is 4.05. The summed E-state index contributed by atoms with van der Waals surface area (Å²) in [6.07, 6.45) is 1.29. The molecule has 0 aromatic heterocycles. The lowest BCUT2D eigenvalue weighted by atomic mass is 9.94. The minimum atomic E-state index is -4.61. The Balaban J connectivity index is 1.70. The van der Waals surface area contributed by atoms with Crippen molar-refractivity contribution in [2.24, 2.45) is 5.92 Å². The molecular weight excluding hydrogens is 559 g/mol. The fraction of sp³-hybridized carbons (Fsp3) is 0.294. The highest BCUT2D eigenvalue weighted by molar-refractivity contribution is 5.77. The molecule has 0 aliphatic heterocycles. The molecule has 6 nitrogen and oxygen atoms in total. The highest BCUT2D eigenvalue weighted by Gasteiger charge is 2.32. The van der Waals surface area contributed by atoms with Crippen molar-refractivity contribution in [3.63, 3.8) is 0 Å². The molecule has 0 saturated heterocycles. The van der Waals surface area contributed by atoms with Gasteiger partial charge in [-0.2, -0.15) is 13.2 Å². The summed E-state index contributed by atoms with van der Waals surface area (Å²) in [5.74, 6) is -0.354. The van der Waals surface area contributed by atoms with Crippen LogP contribution in [0.1, 0.15) is 42.5 Å². The first kappa shape index (κ1) is 31.4. The number of allylic oxidation sites excluding steroid dienone is 2. The number of ether oxygens (including phenoxy) is 2. The van der Waals surface area contributed by atoms with Crippen molar-refractivity contribution in [1.29, 1.82) is 0 Å². The normalized spacial score (nSPS) is 14.6. The molecular formula is C34H34F3NO5. The second-order valence-electron chi connectivity index (χ2n) is 10.5. The van der Waals surface area contributed by atoms with Crippen molar-refractivity contribution >= 4 is 12.1 Å². The SMILES string of the molecule is CCN(Cc1cc(C(F)(F)F)ccc1-c1cc(CC(=O)O)ccc1OCc1ccccc1)C(=O)OCC1=CC(C)CC=C1. The Kier molecular flexibility index (Phi) is 10.3. The Bertz CT molecular complexity index is 1500. The van der Waals surface area contributed by atoms with Gasteiger partial charge in [0.2, 0.25) is 0 Å². The molecule has 1 atom stereocenters. The van der Waals surface area contributed by atoms with E-state index in [1.165, 1.54) is 11.0 Å². The molecule has 1 amide bonds. The van der Waals surface area contributed by atoms with Crippen LogP contribution in [0.3, 0.4) is 0 Å². The molecule has 226 valence electrons. The number of nitrogens with zero attached hydrogens (tertiary/aromatic N) is 1. The summed E-state index contributed by atoms with van der Waals surface area (Å²) in [5, 5.41) is 9.38. The van der Waals surface area contributed by atoms with Crippen LogP contribution in [-0.4, -0.2) is 35.2 Å². The van der Waals surface area contributed by atoms with Gasteiger partial charge in [0.15, 0.2) is 0 Å². The predicted octanol–water partition coefficient (Wildman–Crippen LogP) is 8.06. The Morgan fingerprint density at radius 2 is 1.74 bits per heavy atom. The van der Waals surface area contributed by atoms with E-state index in [9.17, 15) is 27.9 Å². The van der Waals surface area contributed by atoms with Crippen LogP contribution in [0.4, 0.5) is 18.0 Å². The van der Waals surface area contributed by atoms with Crippen LogP contribution in [0, 0.1) is 5.92 Å². The van der Waals surface area contributed by atoms with E-state index in [1.54, 1.807) is 25.1 Å². The topological polar surface area (TPSA) is 76.1 Å². The van der Waals surface area contributed by atoms with Crippen molar-refractivity contribution in [3.8, 4) is 16.9 Å². The molecule has 1 N–H and O–H groups in total. The number of carbonyl (C=O) groups is 2. The van der Waals surface area contributed by atoms with Crippen molar-refractivity contribution in [2.45, 2.75) is 46.0 Å². The van der Waals surface area contributed by atoms with Gasteiger partial charge in [0, 0.05) is 18.7 Å². The molecule has 0 heterocycles. The maximum Gasteiger partial charge on any atom is 0.416 e. The highest BCUT2D eigenvalue weighted by atomic mass is 19.4. The minimum Gasteiger partial charge on any atom is -0.488 e. The number of rotatable bonds is 11. The van der Waals surface area contributed by atoms with Gasteiger partial charge >= 0.3 is 18.2 Å². The number of aliphatic carboxylic acids is 1. The minimum absolute atomic E-state index is 0.0559. The monoisotopic (exact) mass is 593 g/mol. The van der Waals surface area contributed by atoms with Crippen molar-refractivity contribution < 1.29 is 37.3 Å². The molecule has 4 rings (SSSR count). The van der Waals surface area contributed by atoms with Crippen LogP contribution in [0.15, 0.2) is 90.5 Å². The van der Waals surface area contributed by atoms with Gasteiger partial charge in [-0.25, -0.2) is 4.79 Å². The summed E-state index contributed by atoms with van der Waals surface area (Å²) < 4.78 is 53.1. The smallest absolute Gasteiger partial charge is 0.416 e. The lowest BCUT2D eigenvalue weighted by Gasteiger charge is -2.24. The number of hydrogen-bond donors (Lipinski definition) is 1. The second-order valence-corrected chi connectivity index (χ2v) is 10.5. The van der Waals surface area contributed by atoms with Crippen LogP contribution in [0.5, 0.6) is 5.75 Å². The van der Waals surface area contributed by atoms with E-state index in [-0.39, 0.29) is 38.3 Å². The van der Waals surface area contributed by atoms with E-state index >= 15 is 0 Å². The summed E-state index contributed by atoms with van der Waals surface area (Å²) in [4.78, 5) is 25.9. The van der Waals surface area contributed by atoms with E-state index in [0.717, 1.165) is 29.7 Å². The molecule has 1 aliphatic carbocycles. The van der Waals surface area contributed by atoms with Gasteiger partial charge in [-0.15, -0.1) is 0 Å². The largest absolute Gasteiger partial charge is 0.488 e. The number of halogens is 3. The number of carboxylic acids is 1. The lowest BCUT2D eigenvalue weighted by molar-refractivity contribution is -0.138. The Hall–Kier alpha value is -4.53. The standard InChI is InChI=1S/C34H34F3NO5/c1-3-38(33(41)43-22-26-11-7-8-23(2)16-26)20-27-19-28(34(35,36)37)13-14-29(27)30-17-25(18-32(39)40)12-15-31(30)42-21-24-9-5-4-6-10-24/h4-7,9-17,19,23H,3,8,18,20-22H2,1-2H3,(H,39,40). The van der Waals surface area contributed by atoms with Crippen LogP contribution < -0.4 is 4.74 Å². The molecule has 0 saturated carbocycles.